The molecular weight excluding hydrogens is 626 g/mol. The lowest BCUT2D eigenvalue weighted by Crippen LogP contribution is -2.27. The van der Waals surface area contributed by atoms with Gasteiger partial charge in [0, 0.05) is 25.0 Å². The van der Waals surface area contributed by atoms with Crippen LogP contribution in [0.15, 0.2) is 61.2 Å². The number of esters is 2. The summed E-state index contributed by atoms with van der Waals surface area (Å²) in [5.41, 5.74) is -0.143. The van der Waals surface area contributed by atoms with Gasteiger partial charge in [-0.25, -0.2) is 4.79 Å². The maximum Gasteiger partial charge on any atom is 0.513 e. The fourth-order valence-corrected chi connectivity index (χ4v) is 5.00. The number of carbonyl (C=O) groups is 3. The van der Waals surface area contributed by atoms with E-state index in [4.69, 9.17) is 18.9 Å². The Morgan fingerprint density at radius 3 is 1.92 bits per heavy atom. The van der Waals surface area contributed by atoms with E-state index in [0.29, 0.717) is 12.3 Å². The number of nitro benzene ring substituents is 1. The lowest BCUT2D eigenvalue weighted by Gasteiger charge is -2.17. The second kappa shape index (κ2) is 29.0. The molecule has 10 heteroatoms. The Morgan fingerprint density at radius 2 is 1.33 bits per heavy atom. The van der Waals surface area contributed by atoms with Crippen LogP contribution in [0.2, 0.25) is 0 Å². The number of benzene rings is 1. The summed E-state index contributed by atoms with van der Waals surface area (Å²) in [6, 6.07) is 4.98. The quantitative estimate of drug-likeness (QED) is 0.0154. The molecule has 1 aromatic rings. The molecule has 0 fully saturated rings. The molecule has 0 bridgehead atoms. The summed E-state index contributed by atoms with van der Waals surface area (Å²) in [6.07, 6.45) is 25.9. The monoisotopic (exact) mass is 685 g/mol. The van der Waals surface area contributed by atoms with Crippen LogP contribution >= 0.6 is 0 Å². The van der Waals surface area contributed by atoms with Gasteiger partial charge >= 0.3 is 18.1 Å². The molecule has 0 aliphatic rings. The lowest BCUT2D eigenvalue weighted by molar-refractivity contribution is -0.384. The number of nitrogens with zero attached hydrogens (tertiary/aromatic N) is 1. The van der Waals surface area contributed by atoms with Crippen molar-refractivity contribution in [3.05, 3.63) is 71.3 Å². The first kappa shape index (κ1) is 43.1. The van der Waals surface area contributed by atoms with E-state index >= 15 is 0 Å². The number of unbranched alkanes of at least 4 members (excludes halogenated alkanes) is 8. The zero-order chi connectivity index (χ0) is 36.0. The van der Waals surface area contributed by atoms with Crippen molar-refractivity contribution in [2.24, 2.45) is 11.8 Å². The number of rotatable bonds is 29. The van der Waals surface area contributed by atoms with Gasteiger partial charge in [0.1, 0.15) is 25.6 Å². The molecule has 1 aromatic carbocycles. The zero-order valence-corrected chi connectivity index (χ0v) is 29.8. The van der Waals surface area contributed by atoms with E-state index in [1.165, 1.54) is 49.9 Å². The minimum Gasteiger partial charge on any atom is -0.465 e. The second-order valence-corrected chi connectivity index (χ2v) is 12.3. The van der Waals surface area contributed by atoms with E-state index in [9.17, 15) is 24.5 Å². The van der Waals surface area contributed by atoms with Gasteiger partial charge in [0.2, 0.25) is 0 Å². The second-order valence-electron chi connectivity index (χ2n) is 12.3. The fourth-order valence-electron chi connectivity index (χ4n) is 5.00. The summed E-state index contributed by atoms with van der Waals surface area (Å²) in [6.45, 7) is 7.72. The van der Waals surface area contributed by atoms with Crippen molar-refractivity contribution in [2.75, 3.05) is 19.8 Å². The van der Waals surface area contributed by atoms with Crippen LogP contribution in [0, 0.1) is 22.0 Å². The van der Waals surface area contributed by atoms with Crippen LogP contribution in [0.1, 0.15) is 123 Å². The van der Waals surface area contributed by atoms with Gasteiger partial charge in [0.25, 0.3) is 5.69 Å². The molecule has 0 N–H and O–H groups in total. The average molecular weight is 686 g/mol. The van der Waals surface area contributed by atoms with Crippen LogP contribution in [0.3, 0.4) is 0 Å². The molecule has 10 nitrogen and oxygen atoms in total. The number of nitro groups is 1. The van der Waals surface area contributed by atoms with Crippen molar-refractivity contribution < 1.29 is 38.3 Å². The minimum atomic E-state index is -1.03. The fraction of sp³-hybridized carbons (Fsp3) is 0.615. The predicted octanol–water partition coefficient (Wildman–Crippen LogP) is 10.4. The van der Waals surface area contributed by atoms with Gasteiger partial charge in [-0.05, 0) is 75.8 Å². The third-order valence-corrected chi connectivity index (χ3v) is 8.05. The highest BCUT2D eigenvalue weighted by molar-refractivity contribution is 5.70. The molecule has 2 atom stereocenters. The van der Waals surface area contributed by atoms with Gasteiger partial charge < -0.3 is 18.9 Å². The van der Waals surface area contributed by atoms with Crippen molar-refractivity contribution in [1.29, 1.82) is 0 Å². The molecule has 0 heterocycles. The Morgan fingerprint density at radius 1 is 0.755 bits per heavy atom. The minimum absolute atomic E-state index is 0.0734. The van der Waals surface area contributed by atoms with Crippen molar-refractivity contribution in [3.63, 3.8) is 0 Å². The van der Waals surface area contributed by atoms with E-state index < -0.39 is 17.0 Å². The van der Waals surface area contributed by atoms with E-state index in [1.807, 2.05) is 6.08 Å². The number of hydrogen-bond acceptors (Lipinski definition) is 9. The van der Waals surface area contributed by atoms with E-state index in [0.717, 1.165) is 64.2 Å². The molecular formula is C39H59NO9. The summed E-state index contributed by atoms with van der Waals surface area (Å²) in [5.74, 6) is -0.769. The van der Waals surface area contributed by atoms with Gasteiger partial charge in [0.15, 0.2) is 0 Å². The van der Waals surface area contributed by atoms with Gasteiger partial charge in [0.05, 0.1) is 10.8 Å². The van der Waals surface area contributed by atoms with E-state index in [-0.39, 0.29) is 56.0 Å². The highest BCUT2D eigenvalue weighted by atomic mass is 16.7. The first-order chi connectivity index (χ1) is 23.8. The Labute approximate surface area is 293 Å². The summed E-state index contributed by atoms with van der Waals surface area (Å²) in [7, 11) is 0. The molecule has 0 spiro atoms. The van der Waals surface area contributed by atoms with Gasteiger partial charge in [-0.15, -0.1) is 6.58 Å². The van der Waals surface area contributed by atoms with Crippen LogP contribution in [-0.2, 0) is 23.8 Å². The molecule has 274 valence electrons. The van der Waals surface area contributed by atoms with Crippen LogP contribution in [0.5, 0.6) is 5.75 Å². The Hall–Kier alpha value is -3.95. The summed E-state index contributed by atoms with van der Waals surface area (Å²) < 4.78 is 21.2. The summed E-state index contributed by atoms with van der Waals surface area (Å²) in [4.78, 5) is 47.4. The third-order valence-electron chi connectivity index (χ3n) is 8.05. The average Bonchev–Trinajstić information content (AvgIpc) is 3.09. The number of non-ortho nitro benzene ring substituents is 1. The Bertz CT molecular complexity index is 1130. The molecule has 0 saturated heterocycles. The third kappa shape index (κ3) is 23.9. The normalized spacial score (nSPS) is 12.4. The highest BCUT2D eigenvalue weighted by Crippen LogP contribution is 2.19. The van der Waals surface area contributed by atoms with Gasteiger partial charge in [-0.2, -0.15) is 0 Å². The molecule has 1 rings (SSSR count). The predicted molar refractivity (Wildman–Crippen MR) is 192 cm³/mol. The Balaban J connectivity index is 2.41. The molecule has 49 heavy (non-hydrogen) atoms. The van der Waals surface area contributed by atoms with Gasteiger partial charge in [-0.3, -0.25) is 19.7 Å². The Kier molecular flexibility index (Phi) is 25.5. The van der Waals surface area contributed by atoms with Crippen LogP contribution in [0.4, 0.5) is 10.5 Å². The van der Waals surface area contributed by atoms with Gasteiger partial charge in [-0.1, -0.05) is 82.8 Å². The molecule has 0 aromatic heterocycles. The zero-order valence-electron chi connectivity index (χ0n) is 29.8. The number of hydrogen-bond donors (Lipinski definition) is 0. The molecule has 0 saturated carbocycles. The highest BCUT2D eigenvalue weighted by Gasteiger charge is 2.19. The first-order valence-electron chi connectivity index (χ1n) is 18.1. The van der Waals surface area contributed by atoms with E-state index in [1.54, 1.807) is 0 Å². The summed E-state index contributed by atoms with van der Waals surface area (Å²) in [5, 5.41) is 10.8. The number of ether oxygens (including phenoxy) is 4. The molecule has 2 unspecified atom stereocenters. The van der Waals surface area contributed by atoms with Crippen molar-refractivity contribution in [2.45, 2.75) is 123 Å². The molecule has 0 aliphatic carbocycles. The maximum atomic E-state index is 12.4. The van der Waals surface area contributed by atoms with Crippen molar-refractivity contribution in [1.82, 2.24) is 0 Å². The van der Waals surface area contributed by atoms with Crippen LogP contribution < -0.4 is 4.74 Å². The molecule has 0 amide bonds. The SMILES string of the molecule is C=CCC(CC)CCCC(=O)OCC(COC(=O)CCCCCCC/C=C\C/C=C\CCCCC)COC(=O)Oc1ccc([N+](=O)[O-])cc1. The van der Waals surface area contributed by atoms with Crippen molar-refractivity contribution >= 4 is 23.8 Å². The standard InChI is InChI=1S/C39H59NO9/c1-4-7-8-9-10-11-12-13-14-15-16-17-18-19-20-24-37(41)46-30-34(31-47-38(42)25-21-23-33(6-3)22-5-2)32-48-39(43)49-36-28-26-35(27-29-36)40(44)45/h5,10-11,13-14,26-29,33-34H,2,4,6-9,12,15-25,30-32H2,1,3H3/b11-10-,14-13-. The topological polar surface area (TPSA) is 131 Å². The molecule has 0 aliphatic heterocycles. The largest absolute Gasteiger partial charge is 0.513 e. The number of carbonyl (C=O) groups excluding carboxylic acids is 3. The molecule has 0 radical (unpaired) electrons. The number of allylic oxidation sites excluding steroid dienone is 5. The van der Waals surface area contributed by atoms with Crippen LogP contribution in [-0.4, -0.2) is 42.8 Å². The maximum absolute atomic E-state index is 12.4. The first-order valence-corrected chi connectivity index (χ1v) is 18.1. The van der Waals surface area contributed by atoms with Crippen LogP contribution in [0.25, 0.3) is 0 Å². The summed E-state index contributed by atoms with van der Waals surface area (Å²) >= 11 is 0. The van der Waals surface area contributed by atoms with E-state index in [2.05, 4.69) is 44.7 Å². The van der Waals surface area contributed by atoms with Crippen molar-refractivity contribution in [3.8, 4) is 5.75 Å². The lowest BCUT2D eigenvalue weighted by atomic mass is 9.96. The smallest absolute Gasteiger partial charge is 0.465 e.